The normalized spacial score (nSPS) is 10.9. The predicted molar refractivity (Wildman–Crippen MR) is 114 cm³/mol. The van der Waals surface area contributed by atoms with Gasteiger partial charge in [0.05, 0.1) is 35.9 Å². The van der Waals surface area contributed by atoms with Crippen LogP contribution in [0.4, 0.5) is 5.69 Å². The molecular formula is C21H18ClN5O3. The SMILES string of the molecule is COC(=O)c1ccccc1-n1ncc(NCCc2cn3ccccc3n2)c(Cl)c1=O. The first-order chi connectivity index (χ1) is 14.6. The number of fused-ring (bicyclic) bond motifs is 1. The summed E-state index contributed by atoms with van der Waals surface area (Å²) in [5.74, 6) is -0.565. The predicted octanol–water partition coefficient (Wildman–Crippen LogP) is 2.97. The Morgan fingerprint density at radius 3 is 2.80 bits per heavy atom. The Hall–Kier alpha value is -3.65. The van der Waals surface area contributed by atoms with E-state index < -0.39 is 11.5 Å². The lowest BCUT2D eigenvalue weighted by Gasteiger charge is -2.12. The highest BCUT2D eigenvalue weighted by Crippen LogP contribution is 2.19. The summed E-state index contributed by atoms with van der Waals surface area (Å²) in [4.78, 5) is 29.3. The molecule has 0 radical (unpaired) electrons. The van der Waals surface area contributed by atoms with E-state index in [1.807, 2.05) is 35.0 Å². The first-order valence-corrected chi connectivity index (χ1v) is 9.58. The van der Waals surface area contributed by atoms with Crippen LogP contribution >= 0.6 is 11.6 Å². The van der Waals surface area contributed by atoms with E-state index in [4.69, 9.17) is 16.3 Å². The Labute approximate surface area is 176 Å². The second-order valence-electron chi connectivity index (χ2n) is 6.47. The molecule has 0 atom stereocenters. The molecule has 8 nitrogen and oxygen atoms in total. The molecule has 3 heterocycles. The summed E-state index contributed by atoms with van der Waals surface area (Å²) in [7, 11) is 1.28. The summed E-state index contributed by atoms with van der Waals surface area (Å²) in [6.45, 7) is 0.521. The van der Waals surface area contributed by atoms with Crippen molar-refractivity contribution in [3.63, 3.8) is 0 Å². The molecule has 0 unspecified atom stereocenters. The highest BCUT2D eigenvalue weighted by molar-refractivity contribution is 6.33. The molecule has 4 aromatic rings. The van der Waals surface area contributed by atoms with E-state index >= 15 is 0 Å². The summed E-state index contributed by atoms with van der Waals surface area (Å²) in [6, 6.07) is 12.3. The molecule has 1 N–H and O–H groups in total. The number of imidazole rings is 1. The zero-order chi connectivity index (χ0) is 21.1. The second kappa shape index (κ2) is 8.38. The van der Waals surface area contributed by atoms with Crippen LogP contribution in [-0.2, 0) is 11.2 Å². The van der Waals surface area contributed by atoms with Crippen LogP contribution in [0.25, 0.3) is 11.3 Å². The van der Waals surface area contributed by atoms with Crippen molar-refractivity contribution in [2.45, 2.75) is 6.42 Å². The summed E-state index contributed by atoms with van der Waals surface area (Å²) in [6.07, 6.45) is 6.00. The number of halogens is 1. The van der Waals surface area contributed by atoms with Crippen molar-refractivity contribution in [3.8, 4) is 5.69 Å². The third-order valence-corrected chi connectivity index (χ3v) is 4.93. The van der Waals surface area contributed by atoms with Crippen LogP contribution in [0.2, 0.25) is 5.02 Å². The number of carbonyl (C=O) groups excluding carboxylic acids is 1. The lowest BCUT2D eigenvalue weighted by molar-refractivity contribution is 0.0600. The number of rotatable bonds is 6. The molecule has 0 aliphatic rings. The summed E-state index contributed by atoms with van der Waals surface area (Å²) in [5, 5.41) is 7.29. The maximum atomic E-state index is 12.8. The van der Waals surface area contributed by atoms with E-state index in [1.54, 1.807) is 24.3 Å². The molecule has 152 valence electrons. The number of pyridine rings is 1. The fourth-order valence-electron chi connectivity index (χ4n) is 3.10. The second-order valence-corrected chi connectivity index (χ2v) is 6.85. The molecule has 0 spiro atoms. The van der Waals surface area contributed by atoms with Crippen LogP contribution in [0.3, 0.4) is 0 Å². The standard InChI is InChI=1S/C21H18ClN5O3/c1-30-21(29)15-6-2-3-7-17(15)27-20(28)19(22)16(12-24-27)23-10-9-14-13-26-11-5-4-8-18(26)25-14/h2-8,11-13,23H,9-10H2,1H3. The largest absolute Gasteiger partial charge is 0.465 e. The maximum absolute atomic E-state index is 12.8. The van der Waals surface area contributed by atoms with Crippen LogP contribution in [0.5, 0.6) is 0 Å². The van der Waals surface area contributed by atoms with Gasteiger partial charge in [-0.1, -0.05) is 29.8 Å². The molecule has 9 heteroatoms. The maximum Gasteiger partial charge on any atom is 0.340 e. The van der Waals surface area contributed by atoms with Crippen molar-refractivity contribution >= 4 is 28.9 Å². The van der Waals surface area contributed by atoms with E-state index in [-0.39, 0.29) is 10.6 Å². The third-order valence-electron chi connectivity index (χ3n) is 4.57. The molecule has 1 aromatic carbocycles. The minimum absolute atomic E-state index is 0.0142. The number of hydrogen-bond donors (Lipinski definition) is 1. The summed E-state index contributed by atoms with van der Waals surface area (Å²) in [5.41, 5.74) is 2.19. The summed E-state index contributed by atoms with van der Waals surface area (Å²) < 4.78 is 7.81. The van der Waals surface area contributed by atoms with Crippen molar-refractivity contribution < 1.29 is 9.53 Å². The number of benzene rings is 1. The van der Waals surface area contributed by atoms with Gasteiger partial charge in [0.2, 0.25) is 0 Å². The molecule has 0 aliphatic carbocycles. The first-order valence-electron chi connectivity index (χ1n) is 9.20. The zero-order valence-electron chi connectivity index (χ0n) is 16.1. The average Bonchev–Trinajstić information content (AvgIpc) is 3.19. The van der Waals surface area contributed by atoms with E-state index in [1.165, 1.54) is 13.3 Å². The van der Waals surface area contributed by atoms with Gasteiger partial charge in [-0.05, 0) is 24.3 Å². The molecule has 0 saturated heterocycles. The number of para-hydroxylation sites is 1. The number of hydrogen-bond acceptors (Lipinski definition) is 6. The lowest BCUT2D eigenvalue weighted by atomic mass is 10.2. The Bertz CT molecular complexity index is 1250. The molecule has 0 fully saturated rings. The molecular weight excluding hydrogens is 406 g/mol. The number of esters is 1. The van der Waals surface area contributed by atoms with Gasteiger partial charge in [0.15, 0.2) is 0 Å². The molecule has 0 bridgehead atoms. The smallest absolute Gasteiger partial charge is 0.340 e. The van der Waals surface area contributed by atoms with E-state index in [0.29, 0.717) is 24.3 Å². The van der Waals surface area contributed by atoms with Crippen LogP contribution in [0, 0.1) is 0 Å². The summed E-state index contributed by atoms with van der Waals surface area (Å²) >= 11 is 6.29. The monoisotopic (exact) mass is 423 g/mol. The molecule has 4 rings (SSSR count). The Morgan fingerprint density at radius 2 is 2.00 bits per heavy atom. The van der Waals surface area contributed by atoms with E-state index in [0.717, 1.165) is 16.0 Å². The number of carbonyl (C=O) groups is 1. The van der Waals surface area contributed by atoms with Gasteiger partial charge in [0.1, 0.15) is 10.7 Å². The van der Waals surface area contributed by atoms with Crippen molar-refractivity contribution in [1.82, 2.24) is 19.2 Å². The van der Waals surface area contributed by atoms with Gasteiger partial charge in [-0.3, -0.25) is 4.79 Å². The number of anilines is 1. The Kier molecular flexibility index (Phi) is 5.49. The van der Waals surface area contributed by atoms with Crippen molar-refractivity contribution in [3.05, 3.63) is 87.7 Å². The Morgan fingerprint density at radius 1 is 1.20 bits per heavy atom. The fourth-order valence-corrected chi connectivity index (χ4v) is 3.30. The molecule has 0 amide bonds. The quantitative estimate of drug-likeness (QED) is 0.479. The average molecular weight is 424 g/mol. The number of methoxy groups -OCH3 is 1. The third kappa shape index (κ3) is 3.77. The zero-order valence-corrected chi connectivity index (χ0v) is 16.8. The van der Waals surface area contributed by atoms with Crippen molar-refractivity contribution in [1.29, 1.82) is 0 Å². The van der Waals surface area contributed by atoms with Gasteiger partial charge in [-0.25, -0.2) is 9.78 Å². The van der Waals surface area contributed by atoms with E-state index in [9.17, 15) is 9.59 Å². The first kappa shape index (κ1) is 19.7. The topological polar surface area (TPSA) is 90.5 Å². The van der Waals surface area contributed by atoms with Crippen LogP contribution in [0.1, 0.15) is 16.1 Å². The van der Waals surface area contributed by atoms with Crippen LogP contribution in [0.15, 0.2) is 65.8 Å². The van der Waals surface area contributed by atoms with Crippen LogP contribution in [-0.4, -0.2) is 38.8 Å². The van der Waals surface area contributed by atoms with E-state index in [2.05, 4.69) is 15.4 Å². The van der Waals surface area contributed by atoms with Crippen molar-refractivity contribution in [2.24, 2.45) is 0 Å². The minimum atomic E-state index is -0.565. The van der Waals surface area contributed by atoms with Gasteiger partial charge in [0, 0.05) is 25.4 Å². The van der Waals surface area contributed by atoms with Gasteiger partial charge in [-0.15, -0.1) is 0 Å². The highest BCUT2D eigenvalue weighted by atomic mass is 35.5. The highest BCUT2D eigenvalue weighted by Gasteiger charge is 2.17. The lowest BCUT2D eigenvalue weighted by Crippen LogP contribution is -2.25. The minimum Gasteiger partial charge on any atom is -0.465 e. The number of nitrogens with zero attached hydrogens (tertiary/aromatic N) is 4. The number of aromatic nitrogens is 4. The van der Waals surface area contributed by atoms with Gasteiger partial charge >= 0.3 is 5.97 Å². The van der Waals surface area contributed by atoms with Gasteiger partial charge in [0.25, 0.3) is 5.56 Å². The molecule has 3 aromatic heterocycles. The molecule has 0 saturated carbocycles. The van der Waals surface area contributed by atoms with Gasteiger partial charge < -0.3 is 14.5 Å². The molecule has 30 heavy (non-hydrogen) atoms. The van der Waals surface area contributed by atoms with Gasteiger partial charge in [-0.2, -0.15) is 9.78 Å². The number of nitrogens with one attached hydrogen (secondary N) is 1. The fraction of sp³-hybridized carbons (Fsp3) is 0.143. The Balaban J connectivity index is 1.53. The number of ether oxygens (including phenoxy) is 1. The molecule has 0 aliphatic heterocycles. The van der Waals surface area contributed by atoms with Crippen LogP contribution < -0.4 is 10.9 Å². The van der Waals surface area contributed by atoms with Crippen molar-refractivity contribution in [2.75, 3.05) is 19.0 Å².